The van der Waals surface area contributed by atoms with Gasteiger partial charge >= 0.3 is 29.8 Å². The van der Waals surface area contributed by atoms with Crippen molar-refractivity contribution in [2.75, 3.05) is 14.1 Å². The lowest BCUT2D eigenvalue weighted by Gasteiger charge is -2.32. The van der Waals surface area contributed by atoms with Crippen molar-refractivity contribution in [3.05, 3.63) is 0 Å². The van der Waals surface area contributed by atoms with Crippen molar-refractivity contribution in [1.29, 1.82) is 0 Å². The number of nitrogens with zero attached hydrogens (tertiary/aromatic N) is 2. The third kappa shape index (κ3) is 25.6. The average molecular weight is 819 g/mol. The van der Waals surface area contributed by atoms with Crippen LogP contribution < -0.4 is 0 Å². The molecule has 5 atom stereocenters. The van der Waals surface area contributed by atoms with Crippen LogP contribution in [0.4, 0.5) is 0 Å². The van der Waals surface area contributed by atoms with Crippen molar-refractivity contribution >= 4 is 50.0 Å². The number of aliphatic carboxylic acids is 2. The quantitative estimate of drug-likeness (QED) is 0.110. The normalized spacial score (nSPS) is 14.4. The zero-order chi connectivity index (χ0) is 45.3. The molecule has 0 bridgehead atoms. The zero-order valence-corrected chi connectivity index (χ0v) is 39.3. The van der Waals surface area contributed by atoms with Crippen molar-refractivity contribution in [3.8, 4) is 0 Å². The molecule has 0 heterocycles. The highest BCUT2D eigenvalue weighted by Crippen LogP contribution is 2.21. The van der Waals surface area contributed by atoms with E-state index in [1.54, 1.807) is 62.4 Å². The molecular weight excluding hydrogens is 741 g/mol. The van der Waals surface area contributed by atoms with E-state index >= 15 is 0 Å². The number of esters is 2. The van der Waals surface area contributed by atoms with Gasteiger partial charge in [0.1, 0.15) is 23.3 Å². The first-order valence-corrected chi connectivity index (χ1v) is 23.0. The standard InChI is InChI=1S/C19H37NO5Si.C16H29NO5.C6H12O2/c1-13(2)14(3)17(22)20(7)15(18(23)25-26(8,9)10)11-12-16(21)24-19(4,5)6;1-10(2)11(3)14(19)17(7)12(15(20)21)8-9-13(18)22-16(4,5)6;1-4(2)5(3)6(7)8/h13-15H,11-12H2,1-10H3;10-12H,8-9H2,1-7H3,(H,20,21);4-5H,1-3H3,(H,7,8)/t14-,15-;11-,12-;5-/m000/s1. The number of ether oxygens (including phenoxy) is 2. The van der Waals surface area contributed by atoms with E-state index in [4.69, 9.17) is 19.0 Å². The average Bonchev–Trinajstić information content (AvgIpc) is 3.00. The van der Waals surface area contributed by atoms with Gasteiger partial charge in [-0.05, 0) is 91.8 Å². The molecule has 328 valence electrons. The van der Waals surface area contributed by atoms with Crippen LogP contribution in [0.2, 0.25) is 19.6 Å². The first kappa shape index (κ1) is 56.8. The number of carboxylic acids is 2. The molecule has 14 nitrogen and oxygen atoms in total. The zero-order valence-electron chi connectivity index (χ0n) is 38.3. The Hall–Kier alpha value is -3.49. The van der Waals surface area contributed by atoms with Crippen LogP contribution in [0.5, 0.6) is 0 Å². The molecule has 0 aromatic rings. The Bertz CT molecular complexity index is 1280. The van der Waals surface area contributed by atoms with E-state index in [1.807, 2.05) is 68.1 Å². The van der Waals surface area contributed by atoms with Crippen LogP contribution in [0.1, 0.15) is 130 Å². The molecule has 0 aliphatic rings. The number of carboxylic acid groups (broad SMARTS) is 2. The minimum absolute atomic E-state index is 0.0390. The maximum absolute atomic E-state index is 12.7. The largest absolute Gasteiger partial charge is 0.518 e. The number of amides is 2. The molecule has 2 N–H and O–H groups in total. The number of likely N-dealkylation sites (N-methyl/N-ethyl adjacent to an activating group) is 2. The molecule has 0 unspecified atom stereocenters. The van der Waals surface area contributed by atoms with Crippen LogP contribution in [0, 0.1) is 35.5 Å². The Morgan fingerprint density at radius 2 is 0.839 bits per heavy atom. The van der Waals surface area contributed by atoms with E-state index < -0.39 is 55.5 Å². The Balaban J connectivity index is -0.000000846. The monoisotopic (exact) mass is 819 g/mol. The molecule has 0 aliphatic heterocycles. The predicted octanol–water partition coefficient (Wildman–Crippen LogP) is 7.28. The van der Waals surface area contributed by atoms with Gasteiger partial charge in [0.15, 0.2) is 0 Å². The fourth-order valence-electron chi connectivity index (χ4n) is 4.42. The van der Waals surface area contributed by atoms with Crippen LogP contribution in [0.15, 0.2) is 0 Å². The highest BCUT2D eigenvalue weighted by Gasteiger charge is 2.35. The lowest BCUT2D eigenvalue weighted by atomic mass is 9.95. The van der Waals surface area contributed by atoms with Gasteiger partial charge in [0.25, 0.3) is 0 Å². The van der Waals surface area contributed by atoms with E-state index in [9.17, 15) is 38.7 Å². The maximum Gasteiger partial charge on any atom is 0.326 e. The second-order valence-corrected chi connectivity index (χ2v) is 22.9. The molecule has 0 rings (SSSR count). The van der Waals surface area contributed by atoms with Crippen LogP contribution in [0.3, 0.4) is 0 Å². The number of rotatable bonds is 17. The van der Waals surface area contributed by atoms with Crippen molar-refractivity contribution in [3.63, 3.8) is 0 Å². The minimum atomic E-state index is -2.11. The van der Waals surface area contributed by atoms with E-state index in [0.29, 0.717) is 0 Å². The number of carbonyl (C=O) groups excluding carboxylic acids is 5. The number of carbonyl (C=O) groups is 7. The smallest absolute Gasteiger partial charge is 0.326 e. The molecule has 0 aliphatic carbocycles. The SMILES string of the molecule is CC(C)[C@H](C)C(=O)N(C)[C@@H](CCC(=O)OC(C)(C)C)C(=O)O.CC(C)[C@H](C)C(=O)N(C)[C@@H](CCC(=O)OC(C)(C)C)C(=O)O[Si](C)(C)C.CC(C)[C@H](C)C(=O)O. The van der Waals surface area contributed by atoms with Gasteiger partial charge in [-0.15, -0.1) is 0 Å². The van der Waals surface area contributed by atoms with Gasteiger partial charge in [-0.1, -0.05) is 62.3 Å². The summed E-state index contributed by atoms with van der Waals surface area (Å²) in [6.07, 6.45) is 0.237. The van der Waals surface area contributed by atoms with Gasteiger partial charge in [0, 0.05) is 38.8 Å². The van der Waals surface area contributed by atoms with Gasteiger partial charge in [0.05, 0.1) is 5.92 Å². The summed E-state index contributed by atoms with van der Waals surface area (Å²) in [5.41, 5.74) is -1.19. The lowest BCUT2D eigenvalue weighted by molar-refractivity contribution is -0.158. The molecule has 15 heteroatoms. The fourth-order valence-corrected chi connectivity index (χ4v) is 5.16. The molecule has 0 saturated carbocycles. The molecule has 2 amide bonds. The Morgan fingerprint density at radius 1 is 0.536 bits per heavy atom. The van der Waals surface area contributed by atoms with E-state index in [1.165, 1.54) is 16.8 Å². The van der Waals surface area contributed by atoms with Crippen molar-refractivity contribution < 1.29 is 57.7 Å². The second kappa shape index (κ2) is 25.0. The summed E-state index contributed by atoms with van der Waals surface area (Å²) in [7, 11) is 0.960. The highest BCUT2D eigenvalue weighted by molar-refractivity contribution is 6.71. The molecular formula is C41H78N2O12Si. The van der Waals surface area contributed by atoms with E-state index in [0.717, 1.165) is 0 Å². The second-order valence-electron chi connectivity index (χ2n) is 18.5. The molecule has 56 heavy (non-hydrogen) atoms. The van der Waals surface area contributed by atoms with Crippen molar-refractivity contribution in [2.24, 2.45) is 35.5 Å². The summed E-state index contributed by atoms with van der Waals surface area (Å²) in [5.74, 6) is -3.65. The summed E-state index contributed by atoms with van der Waals surface area (Å²) < 4.78 is 16.1. The van der Waals surface area contributed by atoms with Crippen LogP contribution in [-0.2, 0) is 47.5 Å². The first-order chi connectivity index (χ1) is 25.0. The molecule has 0 aromatic carbocycles. The lowest BCUT2D eigenvalue weighted by Crippen LogP contribution is -2.48. The molecule has 0 aromatic heterocycles. The van der Waals surface area contributed by atoms with Gasteiger partial charge in [-0.2, -0.15) is 0 Å². The Kier molecular flexibility index (Phi) is 25.4. The van der Waals surface area contributed by atoms with E-state index in [-0.39, 0.29) is 79.0 Å². The predicted molar refractivity (Wildman–Crippen MR) is 220 cm³/mol. The van der Waals surface area contributed by atoms with Crippen molar-refractivity contribution in [1.82, 2.24) is 9.80 Å². The highest BCUT2D eigenvalue weighted by atomic mass is 28.4. The molecule has 0 spiro atoms. The minimum Gasteiger partial charge on any atom is -0.518 e. The first-order valence-electron chi connectivity index (χ1n) is 19.6. The van der Waals surface area contributed by atoms with Gasteiger partial charge in [0.2, 0.25) is 20.1 Å². The summed E-state index contributed by atoms with van der Waals surface area (Å²) in [5, 5.41) is 17.7. The number of hydrogen-bond acceptors (Lipinski definition) is 10. The summed E-state index contributed by atoms with van der Waals surface area (Å²) in [6, 6.07) is -1.82. The Labute approximate surface area is 338 Å². The maximum atomic E-state index is 12.7. The van der Waals surface area contributed by atoms with Crippen LogP contribution >= 0.6 is 0 Å². The topological polar surface area (TPSA) is 194 Å². The van der Waals surface area contributed by atoms with Gasteiger partial charge in [-0.25, -0.2) is 4.79 Å². The summed E-state index contributed by atoms with van der Waals surface area (Å²) >= 11 is 0. The fraction of sp³-hybridized carbons (Fsp3) is 0.829. The van der Waals surface area contributed by atoms with Crippen molar-refractivity contribution in [2.45, 2.75) is 172 Å². The Morgan fingerprint density at radius 3 is 1.07 bits per heavy atom. The summed E-state index contributed by atoms with van der Waals surface area (Å²) in [6.45, 7) is 33.2. The third-order valence-corrected chi connectivity index (χ3v) is 9.66. The summed E-state index contributed by atoms with van der Waals surface area (Å²) in [4.78, 5) is 85.5. The van der Waals surface area contributed by atoms with Gasteiger partial charge in [-0.3, -0.25) is 28.8 Å². The van der Waals surface area contributed by atoms with Crippen LogP contribution in [0.25, 0.3) is 0 Å². The molecule has 0 fully saturated rings. The molecule has 0 saturated heterocycles. The number of hydrogen-bond donors (Lipinski definition) is 2. The van der Waals surface area contributed by atoms with Crippen LogP contribution in [-0.4, -0.2) is 107 Å². The van der Waals surface area contributed by atoms with E-state index in [2.05, 4.69) is 0 Å². The van der Waals surface area contributed by atoms with Gasteiger partial charge < -0.3 is 33.9 Å². The molecule has 0 radical (unpaired) electrons. The third-order valence-electron chi connectivity index (χ3n) is 8.85.